The predicted octanol–water partition coefficient (Wildman–Crippen LogP) is 2.38. The van der Waals surface area contributed by atoms with Crippen molar-refractivity contribution in [2.75, 3.05) is 21.3 Å². The first-order chi connectivity index (χ1) is 12.1. The minimum absolute atomic E-state index is 0.151. The fourth-order valence-electron chi connectivity index (χ4n) is 2.19. The third kappa shape index (κ3) is 4.63. The standard InChI is InChI=1S/C18H20N2O5/c1-22-14-7-5-4-6-12(14)11-17(19)20-25-18(21)13-8-9-15(23-2)16(10-13)24-3/h4-10H,11H2,1-3H3,(H2,19,20). The molecule has 2 rings (SSSR count). The van der Waals surface area contributed by atoms with Gasteiger partial charge in [-0.2, -0.15) is 0 Å². The zero-order valence-corrected chi connectivity index (χ0v) is 14.3. The van der Waals surface area contributed by atoms with Gasteiger partial charge < -0.3 is 24.8 Å². The first kappa shape index (κ1) is 18.1. The van der Waals surface area contributed by atoms with Crippen LogP contribution in [0.2, 0.25) is 0 Å². The van der Waals surface area contributed by atoms with E-state index in [2.05, 4.69) is 5.16 Å². The lowest BCUT2D eigenvalue weighted by atomic mass is 10.1. The Hall–Kier alpha value is -3.22. The van der Waals surface area contributed by atoms with Crippen molar-refractivity contribution in [1.82, 2.24) is 0 Å². The molecule has 0 aromatic heterocycles. The van der Waals surface area contributed by atoms with Gasteiger partial charge in [0.25, 0.3) is 0 Å². The molecule has 132 valence electrons. The van der Waals surface area contributed by atoms with Crippen LogP contribution >= 0.6 is 0 Å². The van der Waals surface area contributed by atoms with E-state index >= 15 is 0 Å². The molecular formula is C18H20N2O5. The fraction of sp³-hybridized carbons (Fsp3) is 0.222. The summed E-state index contributed by atoms with van der Waals surface area (Å²) in [5, 5.41) is 3.69. The lowest BCUT2D eigenvalue weighted by molar-refractivity contribution is 0.0514. The van der Waals surface area contributed by atoms with E-state index in [4.69, 9.17) is 24.8 Å². The van der Waals surface area contributed by atoms with Crippen molar-refractivity contribution in [1.29, 1.82) is 0 Å². The number of carbonyl (C=O) groups excluding carboxylic acids is 1. The van der Waals surface area contributed by atoms with Crippen LogP contribution in [0.1, 0.15) is 15.9 Å². The number of oxime groups is 1. The molecule has 0 amide bonds. The normalized spacial score (nSPS) is 10.9. The zero-order chi connectivity index (χ0) is 18.2. The molecule has 0 heterocycles. The number of rotatable bonds is 7. The minimum Gasteiger partial charge on any atom is -0.496 e. The smallest absolute Gasteiger partial charge is 0.365 e. The second kappa shape index (κ2) is 8.58. The third-order valence-corrected chi connectivity index (χ3v) is 3.43. The molecule has 7 heteroatoms. The Kier molecular flexibility index (Phi) is 6.22. The Balaban J connectivity index is 2.06. The maximum absolute atomic E-state index is 12.1. The molecule has 0 spiro atoms. The van der Waals surface area contributed by atoms with Gasteiger partial charge in [0, 0.05) is 12.0 Å². The summed E-state index contributed by atoms with van der Waals surface area (Å²) in [6.07, 6.45) is 0.295. The SMILES string of the molecule is COc1ccccc1C/C(N)=N/OC(=O)c1ccc(OC)c(OC)c1. The number of amidine groups is 1. The number of para-hydroxylation sites is 1. The monoisotopic (exact) mass is 344 g/mol. The summed E-state index contributed by atoms with van der Waals surface area (Å²) in [7, 11) is 4.57. The van der Waals surface area contributed by atoms with Gasteiger partial charge in [-0.1, -0.05) is 23.4 Å². The highest BCUT2D eigenvalue weighted by Gasteiger charge is 2.13. The predicted molar refractivity (Wildman–Crippen MR) is 93.3 cm³/mol. The van der Waals surface area contributed by atoms with Crippen LogP contribution in [0.4, 0.5) is 0 Å². The highest BCUT2D eigenvalue weighted by Crippen LogP contribution is 2.27. The average Bonchev–Trinajstić information content (AvgIpc) is 2.65. The Bertz CT molecular complexity index is 774. The molecule has 0 unspecified atom stereocenters. The van der Waals surface area contributed by atoms with Gasteiger partial charge in [0.1, 0.15) is 11.6 Å². The zero-order valence-electron chi connectivity index (χ0n) is 14.3. The van der Waals surface area contributed by atoms with Crippen LogP contribution in [-0.2, 0) is 11.3 Å². The van der Waals surface area contributed by atoms with Crippen molar-refractivity contribution in [3.63, 3.8) is 0 Å². The van der Waals surface area contributed by atoms with E-state index in [1.165, 1.54) is 20.3 Å². The second-order valence-corrected chi connectivity index (χ2v) is 5.02. The molecule has 0 aliphatic heterocycles. The minimum atomic E-state index is -0.649. The van der Waals surface area contributed by atoms with Crippen LogP contribution in [0, 0.1) is 0 Å². The van der Waals surface area contributed by atoms with Crippen LogP contribution < -0.4 is 19.9 Å². The molecule has 2 aromatic rings. The van der Waals surface area contributed by atoms with Crippen molar-refractivity contribution < 1.29 is 23.8 Å². The fourth-order valence-corrected chi connectivity index (χ4v) is 2.19. The third-order valence-electron chi connectivity index (χ3n) is 3.43. The van der Waals surface area contributed by atoms with Crippen LogP contribution in [0.15, 0.2) is 47.6 Å². The summed E-state index contributed by atoms with van der Waals surface area (Å²) < 4.78 is 15.5. The number of carbonyl (C=O) groups is 1. The van der Waals surface area contributed by atoms with E-state index in [9.17, 15) is 4.79 Å². The molecule has 0 aliphatic rings. The second-order valence-electron chi connectivity index (χ2n) is 5.02. The first-order valence-corrected chi connectivity index (χ1v) is 7.46. The molecule has 0 bridgehead atoms. The number of hydrogen-bond donors (Lipinski definition) is 1. The average molecular weight is 344 g/mol. The number of ether oxygens (including phenoxy) is 3. The highest BCUT2D eigenvalue weighted by molar-refractivity contribution is 5.91. The van der Waals surface area contributed by atoms with E-state index in [0.717, 1.165) is 5.56 Å². The summed E-state index contributed by atoms with van der Waals surface area (Å²) >= 11 is 0. The van der Waals surface area contributed by atoms with E-state index in [0.29, 0.717) is 23.7 Å². The van der Waals surface area contributed by atoms with E-state index in [-0.39, 0.29) is 11.4 Å². The summed E-state index contributed by atoms with van der Waals surface area (Å²) in [6.45, 7) is 0. The van der Waals surface area contributed by atoms with Crippen LogP contribution in [-0.4, -0.2) is 33.1 Å². The van der Waals surface area contributed by atoms with Gasteiger partial charge in [-0.3, -0.25) is 0 Å². The number of methoxy groups -OCH3 is 3. The Morgan fingerprint density at radius 1 is 0.960 bits per heavy atom. The first-order valence-electron chi connectivity index (χ1n) is 7.46. The molecule has 25 heavy (non-hydrogen) atoms. The summed E-state index contributed by atoms with van der Waals surface area (Å²) in [5.74, 6) is 1.12. The molecule has 7 nitrogen and oxygen atoms in total. The van der Waals surface area contributed by atoms with E-state index in [1.54, 1.807) is 19.2 Å². The number of benzene rings is 2. The molecule has 0 radical (unpaired) electrons. The number of nitrogens with two attached hydrogens (primary N) is 1. The van der Waals surface area contributed by atoms with Gasteiger partial charge in [-0.05, 0) is 24.3 Å². The molecular weight excluding hydrogens is 324 g/mol. The molecule has 0 fully saturated rings. The lowest BCUT2D eigenvalue weighted by Crippen LogP contribution is -2.17. The largest absolute Gasteiger partial charge is 0.496 e. The van der Waals surface area contributed by atoms with Gasteiger partial charge in [-0.25, -0.2) is 4.79 Å². The van der Waals surface area contributed by atoms with Crippen molar-refractivity contribution in [3.8, 4) is 17.2 Å². The van der Waals surface area contributed by atoms with Crippen LogP contribution in [0.3, 0.4) is 0 Å². The summed E-state index contributed by atoms with van der Waals surface area (Å²) in [5.41, 5.74) is 6.94. The maximum Gasteiger partial charge on any atom is 0.365 e. The van der Waals surface area contributed by atoms with Gasteiger partial charge in [0.05, 0.1) is 26.9 Å². The van der Waals surface area contributed by atoms with Crippen molar-refractivity contribution in [2.45, 2.75) is 6.42 Å². The van der Waals surface area contributed by atoms with E-state index in [1.807, 2.05) is 24.3 Å². The van der Waals surface area contributed by atoms with Crippen LogP contribution in [0.25, 0.3) is 0 Å². The molecule has 0 saturated carbocycles. The molecule has 2 N–H and O–H groups in total. The maximum atomic E-state index is 12.1. The summed E-state index contributed by atoms with van der Waals surface area (Å²) in [4.78, 5) is 17.0. The van der Waals surface area contributed by atoms with E-state index < -0.39 is 5.97 Å². The van der Waals surface area contributed by atoms with Crippen LogP contribution in [0.5, 0.6) is 17.2 Å². The van der Waals surface area contributed by atoms with Gasteiger partial charge >= 0.3 is 5.97 Å². The van der Waals surface area contributed by atoms with Gasteiger partial charge in [0.2, 0.25) is 0 Å². The Morgan fingerprint density at radius 2 is 1.64 bits per heavy atom. The Labute approximate surface area is 145 Å². The highest BCUT2D eigenvalue weighted by atomic mass is 16.7. The Morgan fingerprint density at radius 3 is 2.32 bits per heavy atom. The number of hydrogen-bond acceptors (Lipinski definition) is 6. The number of nitrogens with zero attached hydrogens (tertiary/aromatic N) is 1. The molecule has 0 atom stereocenters. The van der Waals surface area contributed by atoms with Crippen molar-refractivity contribution in [3.05, 3.63) is 53.6 Å². The van der Waals surface area contributed by atoms with Crippen molar-refractivity contribution in [2.24, 2.45) is 10.9 Å². The summed E-state index contributed by atoms with van der Waals surface area (Å²) in [6, 6.07) is 12.1. The van der Waals surface area contributed by atoms with Gasteiger partial charge in [-0.15, -0.1) is 0 Å². The van der Waals surface area contributed by atoms with Crippen molar-refractivity contribution >= 4 is 11.8 Å². The quantitative estimate of drug-likeness (QED) is 0.359. The lowest BCUT2D eigenvalue weighted by Gasteiger charge is -2.09. The molecule has 0 aliphatic carbocycles. The molecule has 0 saturated heterocycles. The topological polar surface area (TPSA) is 92.4 Å². The molecule has 2 aromatic carbocycles. The van der Waals surface area contributed by atoms with Gasteiger partial charge in [0.15, 0.2) is 11.5 Å².